The van der Waals surface area contributed by atoms with E-state index >= 15 is 0 Å². The van der Waals surface area contributed by atoms with Gasteiger partial charge in [-0.25, -0.2) is 12.8 Å². The summed E-state index contributed by atoms with van der Waals surface area (Å²) in [6, 6.07) is 5.07. The lowest BCUT2D eigenvalue weighted by molar-refractivity contribution is -0.883. The summed E-state index contributed by atoms with van der Waals surface area (Å²) in [5.41, 5.74) is 0.289. The number of nitrogens with zero attached hydrogens (tertiary/aromatic N) is 2. The molecule has 1 aliphatic heterocycles. The van der Waals surface area contributed by atoms with Gasteiger partial charge in [-0.3, -0.25) is 9.10 Å². The summed E-state index contributed by atoms with van der Waals surface area (Å²) in [7, 11) is -1.56. The number of hydrogen-bond donors (Lipinski definition) is 1. The number of amides is 1. The Hall–Kier alpha value is -1.67. The van der Waals surface area contributed by atoms with Crippen LogP contribution in [-0.2, 0) is 14.8 Å². The second kappa shape index (κ2) is 6.62. The van der Waals surface area contributed by atoms with Crippen LogP contribution in [0.2, 0.25) is 0 Å². The minimum Gasteiger partial charge on any atom is -0.334 e. The number of hydrogen-bond acceptors (Lipinski definition) is 3. The van der Waals surface area contributed by atoms with E-state index in [0.29, 0.717) is 13.1 Å². The molecule has 0 saturated carbocycles. The normalized spacial score (nSPS) is 16.6. The van der Waals surface area contributed by atoms with E-state index in [1.807, 2.05) is 0 Å². The van der Waals surface area contributed by atoms with Crippen molar-refractivity contribution in [3.05, 3.63) is 30.1 Å². The molecule has 8 heteroatoms. The molecule has 0 unspecified atom stereocenters. The highest BCUT2D eigenvalue weighted by Gasteiger charge is 2.26. The summed E-state index contributed by atoms with van der Waals surface area (Å²) in [6.07, 6.45) is 1.04. The molecule has 1 amide bonds. The third kappa shape index (κ3) is 4.17. The summed E-state index contributed by atoms with van der Waals surface area (Å²) in [4.78, 5) is 15.4. The van der Waals surface area contributed by atoms with Crippen molar-refractivity contribution < 1.29 is 22.5 Å². The van der Waals surface area contributed by atoms with Gasteiger partial charge in [-0.2, -0.15) is 0 Å². The summed E-state index contributed by atoms with van der Waals surface area (Å²) < 4.78 is 37.9. The highest BCUT2D eigenvalue weighted by atomic mass is 32.2. The number of likely N-dealkylation sites (N-methyl/N-ethyl adjacent to an activating group) is 1. The van der Waals surface area contributed by atoms with E-state index in [9.17, 15) is 17.6 Å². The van der Waals surface area contributed by atoms with Gasteiger partial charge in [0.2, 0.25) is 15.9 Å². The highest BCUT2D eigenvalue weighted by Crippen LogP contribution is 2.18. The van der Waals surface area contributed by atoms with E-state index in [-0.39, 0.29) is 18.1 Å². The molecule has 0 spiro atoms. The lowest BCUT2D eigenvalue weighted by atomic mass is 10.3. The number of sulfonamides is 1. The van der Waals surface area contributed by atoms with Gasteiger partial charge in [0.15, 0.2) is 0 Å². The second-order valence-corrected chi connectivity index (χ2v) is 7.49. The maximum absolute atomic E-state index is 13.0. The zero-order valence-corrected chi connectivity index (χ0v) is 13.6. The summed E-state index contributed by atoms with van der Waals surface area (Å²) in [5, 5.41) is 0. The third-order valence-electron chi connectivity index (χ3n) is 3.76. The van der Waals surface area contributed by atoms with Gasteiger partial charge in [0.1, 0.15) is 12.4 Å². The van der Waals surface area contributed by atoms with Gasteiger partial charge >= 0.3 is 0 Å². The van der Waals surface area contributed by atoms with Crippen LogP contribution < -0.4 is 9.21 Å². The van der Waals surface area contributed by atoms with Crippen molar-refractivity contribution in [2.45, 2.75) is 0 Å². The first kappa shape index (κ1) is 16.7. The molecule has 1 fully saturated rings. The van der Waals surface area contributed by atoms with E-state index < -0.39 is 15.8 Å². The number of rotatable bonds is 4. The van der Waals surface area contributed by atoms with Crippen molar-refractivity contribution in [3.63, 3.8) is 0 Å². The van der Waals surface area contributed by atoms with E-state index in [1.165, 1.54) is 29.2 Å². The van der Waals surface area contributed by atoms with Gasteiger partial charge in [0.25, 0.3) is 0 Å². The van der Waals surface area contributed by atoms with Crippen LogP contribution in [0, 0.1) is 5.82 Å². The SMILES string of the molecule is C[NH+]1CCN(C(=O)CN(c2ccc(F)cc2)S(C)(=O)=O)CC1. The molecule has 1 aliphatic rings. The van der Waals surface area contributed by atoms with Crippen LogP contribution in [-0.4, -0.2) is 65.3 Å². The Bertz CT molecular complexity index is 625. The van der Waals surface area contributed by atoms with Crippen LogP contribution >= 0.6 is 0 Å². The predicted molar refractivity (Wildman–Crippen MR) is 81.8 cm³/mol. The molecule has 122 valence electrons. The van der Waals surface area contributed by atoms with Crippen molar-refractivity contribution in [2.75, 3.05) is 50.3 Å². The first-order valence-corrected chi connectivity index (χ1v) is 8.94. The number of quaternary nitrogens is 1. The topological polar surface area (TPSA) is 62.1 Å². The van der Waals surface area contributed by atoms with Crippen LogP contribution in [0.4, 0.5) is 10.1 Å². The zero-order chi connectivity index (χ0) is 16.3. The van der Waals surface area contributed by atoms with Crippen LogP contribution in [0.1, 0.15) is 0 Å². The van der Waals surface area contributed by atoms with Gasteiger partial charge in [-0.05, 0) is 24.3 Å². The molecule has 1 heterocycles. The van der Waals surface area contributed by atoms with Crippen LogP contribution in [0.15, 0.2) is 24.3 Å². The third-order valence-corrected chi connectivity index (χ3v) is 4.90. The van der Waals surface area contributed by atoms with Crippen molar-refractivity contribution in [2.24, 2.45) is 0 Å². The van der Waals surface area contributed by atoms with Crippen LogP contribution in [0.25, 0.3) is 0 Å². The molecule has 2 rings (SSSR count). The van der Waals surface area contributed by atoms with E-state index in [0.717, 1.165) is 23.7 Å². The Balaban J connectivity index is 2.14. The number of halogens is 1. The highest BCUT2D eigenvalue weighted by molar-refractivity contribution is 7.92. The number of carbonyl (C=O) groups excluding carboxylic acids is 1. The number of nitrogens with one attached hydrogen (secondary N) is 1. The maximum atomic E-state index is 13.0. The Morgan fingerprint density at radius 2 is 1.82 bits per heavy atom. The van der Waals surface area contributed by atoms with E-state index in [4.69, 9.17) is 0 Å². The van der Waals surface area contributed by atoms with Gasteiger partial charge in [-0.15, -0.1) is 0 Å². The fourth-order valence-electron chi connectivity index (χ4n) is 2.37. The molecule has 0 aliphatic carbocycles. The molecule has 1 N–H and O–H groups in total. The average Bonchev–Trinajstić information content (AvgIpc) is 2.45. The first-order valence-electron chi connectivity index (χ1n) is 7.10. The number of carbonyl (C=O) groups is 1. The summed E-state index contributed by atoms with van der Waals surface area (Å²) in [5.74, 6) is -0.687. The average molecular weight is 330 g/mol. The van der Waals surface area contributed by atoms with Gasteiger partial charge in [-0.1, -0.05) is 0 Å². The monoisotopic (exact) mass is 330 g/mol. The van der Waals surface area contributed by atoms with Crippen LogP contribution in [0.5, 0.6) is 0 Å². The van der Waals surface area contributed by atoms with Gasteiger partial charge < -0.3 is 9.80 Å². The number of benzene rings is 1. The van der Waals surface area contributed by atoms with Crippen molar-refractivity contribution in [1.29, 1.82) is 0 Å². The zero-order valence-electron chi connectivity index (χ0n) is 12.8. The molecule has 0 bridgehead atoms. The van der Waals surface area contributed by atoms with Crippen molar-refractivity contribution >= 4 is 21.6 Å². The quantitative estimate of drug-likeness (QED) is 0.766. The summed E-state index contributed by atoms with van der Waals surface area (Å²) >= 11 is 0. The molecule has 1 saturated heterocycles. The number of piperazine rings is 1. The van der Waals surface area contributed by atoms with Gasteiger partial charge in [0, 0.05) is 0 Å². The summed E-state index contributed by atoms with van der Waals surface area (Å²) in [6.45, 7) is 2.67. The fraction of sp³-hybridized carbons (Fsp3) is 0.500. The molecule has 1 aromatic rings. The molecule has 22 heavy (non-hydrogen) atoms. The molecule has 0 aromatic heterocycles. The molecular formula is C14H21FN3O3S+. The molecule has 0 atom stereocenters. The smallest absolute Gasteiger partial charge is 0.243 e. The molecular weight excluding hydrogens is 309 g/mol. The fourth-order valence-corrected chi connectivity index (χ4v) is 3.22. The lowest BCUT2D eigenvalue weighted by Crippen LogP contribution is -3.12. The maximum Gasteiger partial charge on any atom is 0.243 e. The molecule has 0 radical (unpaired) electrons. The first-order chi connectivity index (χ1) is 10.3. The van der Waals surface area contributed by atoms with E-state index in [2.05, 4.69) is 7.05 Å². The second-order valence-electron chi connectivity index (χ2n) is 5.58. The minimum absolute atomic E-state index is 0.234. The van der Waals surface area contributed by atoms with Crippen molar-refractivity contribution in [3.8, 4) is 0 Å². The minimum atomic E-state index is -3.62. The van der Waals surface area contributed by atoms with Crippen molar-refractivity contribution in [1.82, 2.24) is 4.90 Å². The molecule has 1 aromatic carbocycles. The Labute approximate surface area is 130 Å². The standard InChI is InChI=1S/C14H20FN3O3S/c1-16-7-9-17(10-8-16)14(19)11-18(22(2,20)21)13-5-3-12(15)4-6-13/h3-6H,7-11H2,1-2H3/p+1. The predicted octanol–water partition coefficient (Wildman–Crippen LogP) is -1.05. The Kier molecular flexibility index (Phi) is 5.02. The Morgan fingerprint density at radius 3 is 2.32 bits per heavy atom. The van der Waals surface area contributed by atoms with E-state index in [1.54, 1.807) is 4.90 Å². The number of anilines is 1. The van der Waals surface area contributed by atoms with Crippen LogP contribution in [0.3, 0.4) is 0 Å². The largest absolute Gasteiger partial charge is 0.334 e. The molecule has 6 nitrogen and oxygen atoms in total. The Morgan fingerprint density at radius 1 is 1.27 bits per heavy atom. The lowest BCUT2D eigenvalue weighted by Gasteiger charge is -2.32. The van der Waals surface area contributed by atoms with Gasteiger partial charge in [0.05, 0.1) is 45.2 Å².